The van der Waals surface area contributed by atoms with Gasteiger partial charge in [-0.25, -0.2) is 4.98 Å². The Labute approximate surface area is 179 Å². The van der Waals surface area contributed by atoms with Crippen LogP contribution in [0, 0.1) is 6.92 Å². The molecule has 1 amide bonds. The number of hydrogen-bond acceptors (Lipinski definition) is 7. The molecule has 4 aromatic rings. The third-order valence-corrected chi connectivity index (χ3v) is 4.40. The number of methoxy groups -OCH3 is 1. The molecule has 0 spiro atoms. The number of furan rings is 1. The smallest absolute Gasteiger partial charge is 0.258 e. The molecule has 8 nitrogen and oxygen atoms in total. The first kappa shape index (κ1) is 20.0. The van der Waals surface area contributed by atoms with E-state index in [2.05, 4.69) is 25.9 Å². The number of rotatable bonds is 7. The van der Waals surface area contributed by atoms with Gasteiger partial charge in [0.15, 0.2) is 0 Å². The summed E-state index contributed by atoms with van der Waals surface area (Å²) in [6.07, 6.45) is 2.86. The number of nitrogens with zero attached hydrogens (tertiary/aromatic N) is 2. The minimum atomic E-state index is -0.231. The summed E-state index contributed by atoms with van der Waals surface area (Å²) in [4.78, 5) is 21.1. The zero-order chi connectivity index (χ0) is 21.6. The van der Waals surface area contributed by atoms with Crippen molar-refractivity contribution in [3.05, 3.63) is 84.4 Å². The summed E-state index contributed by atoms with van der Waals surface area (Å²) in [6.45, 7) is 1.90. The maximum Gasteiger partial charge on any atom is 0.258 e. The van der Waals surface area contributed by atoms with Crippen LogP contribution in [0.15, 0.2) is 77.6 Å². The summed E-state index contributed by atoms with van der Waals surface area (Å²) in [5.41, 5.74) is 3.64. The van der Waals surface area contributed by atoms with E-state index in [1.165, 1.54) is 12.5 Å². The van der Waals surface area contributed by atoms with E-state index >= 15 is 0 Å². The Morgan fingerprint density at radius 2 is 1.58 bits per heavy atom. The fourth-order valence-electron chi connectivity index (χ4n) is 2.87. The Hall–Kier alpha value is -4.33. The molecule has 0 bridgehead atoms. The lowest BCUT2D eigenvalue weighted by atomic mass is 10.2. The van der Waals surface area contributed by atoms with Crippen molar-refractivity contribution in [2.24, 2.45) is 0 Å². The summed E-state index contributed by atoms with van der Waals surface area (Å²) in [5.74, 6) is 1.69. The average Bonchev–Trinajstić information content (AvgIpc) is 3.30. The van der Waals surface area contributed by atoms with E-state index in [1.807, 2.05) is 49.4 Å². The molecule has 0 fully saturated rings. The summed E-state index contributed by atoms with van der Waals surface area (Å²) in [6, 6.07) is 18.3. The molecule has 0 unspecified atom stereocenters. The topological polar surface area (TPSA) is 101 Å². The number of ether oxygens (including phenoxy) is 1. The van der Waals surface area contributed by atoms with E-state index in [-0.39, 0.29) is 5.91 Å². The number of carbonyl (C=O) groups is 1. The highest BCUT2D eigenvalue weighted by molar-refractivity contribution is 6.04. The molecule has 31 heavy (non-hydrogen) atoms. The van der Waals surface area contributed by atoms with Crippen LogP contribution in [0.3, 0.4) is 0 Å². The van der Waals surface area contributed by atoms with Crippen LogP contribution in [0.25, 0.3) is 0 Å². The second-order valence-electron chi connectivity index (χ2n) is 6.74. The predicted octanol–water partition coefficient (Wildman–Crippen LogP) is 5.13. The summed E-state index contributed by atoms with van der Waals surface area (Å²) >= 11 is 0. The molecule has 156 valence electrons. The second-order valence-corrected chi connectivity index (χ2v) is 6.74. The first-order valence-electron chi connectivity index (χ1n) is 9.56. The van der Waals surface area contributed by atoms with Crippen molar-refractivity contribution >= 4 is 34.7 Å². The zero-order valence-corrected chi connectivity index (χ0v) is 17.0. The van der Waals surface area contributed by atoms with Gasteiger partial charge in [0.2, 0.25) is 5.95 Å². The Kier molecular flexibility index (Phi) is 5.79. The molecule has 0 radical (unpaired) electrons. The largest absolute Gasteiger partial charge is 0.497 e. The number of hydrogen-bond donors (Lipinski definition) is 3. The van der Waals surface area contributed by atoms with E-state index in [1.54, 1.807) is 25.3 Å². The lowest BCUT2D eigenvalue weighted by Gasteiger charge is -2.11. The molecule has 0 aliphatic heterocycles. The van der Waals surface area contributed by atoms with Gasteiger partial charge in [-0.2, -0.15) is 4.98 Å². The SMILES string of the molecule is COc1ccc(Nc2cc(C)nc(Nc3ccc(NC(=O)c4ccoc4)cc3)n2)cc1. The molecule has 0 aliphatic carbocycles. The van der Waals surface area contributed by atoms with E-state index in [0.29, 0.717) is 23.0 Å². The molecule has 0 saturated carbocycles. The van der Waals surface area contributed by atoms with Crippen LogP contribution >= 0.6 is 0 Å². The number of aromatic nitrogens is 2. The van der Waals surface area contributed by atoms with Crippen molar-refractivity contribution in [3.63, 3.8) is 0 Å². The fraction of sp³-hybridized carbons (Fsp3) is 0.0870. The van der Waals surface area contributed by atoms with Crippen LogP contribution in [-0.2, 0) is 0 Å². The van der Waals surface area contributed by atoms with E-state index in [0.717, 1.165) is 22.8 Å². The molecular weight excluding hydrogens is 394 g/mol. The Balaban J connectivity index is 1.43. The van der Waals surface area contributed by atoms with Crippen LogP contribution < -0.4 is 20.7 Å². The zero-order valence-electron chi connectivity index (χ0n) is 17.0. The van der Waals surface area contributed by atoms with E-state index in [4.69, 9.17) is 9.15 Å². The molecule has 4 rings (SSSR count). The summed E-state index contributed by atoms with van der Waals surface area (Å²) in [7, 11) is 1.63. The van der Waals surface area contributed by atoms with E-state index in [9.17, 15) is 4.79 Å². The molecule has 8 heteroatoms. The number of benzene rings is 2. The molecular formula is C23H21N5O3. The van der Waals surface area contributed by atoms with Gasteiger partial charge in [-0.05, 0) is 61.5 Å². The minimum Gasteiger partial charge on any atom is -0.497 e. The maximum absolute atomic E-state index is 12.1. The standard InChI is InChI=1S/C23H21N5O3/c1-15-13-21(25-17-7-9-20(30-2)10-8-17)28-23(24-15)27-19-5-3-18(4-6-19)26-22(29)16-11-12-31-14-16/h3-14H,1-2H3,(H,26,29)(H2,24,25,27,28). The third-order valence-electron chi connectivity index (χ3n) is 4.40. The number of amides is 1. The van der Waals surface area contributed by atoms with Gasteiger partial charge >= 0.3 is 0 Å². The highest BCUT2D eigenvalue weighted by Gasteiger charge is 2.08. The Morgan fingerprint density at radius 1 is 0.903 bits per heavy atom. The van der Waals surface area contributed by atoms with Gasteiger partial charge in [0.1, 0.15) is 17.8 Å². The molecule has 0 aliphatic rings. The van der Waals surface area contributed by atoms with Crippen molar-refractivity contribution in [2.45, 2.75) is 6.92 Å². The van der Waals surface area contributed by atoms with Gasteiger partial charge in [-0.1, -0.05) is 0 Å². The lowest BCUT2D eigenvalue weighted by molar-refractivity contribution is 0.102. The number of anilines is 5. The van der Waals surface area contributed by atoms with Gasteiger partial charge in [0, 0.05) is 28.8 Å². The van der Waals surface area contributed by atoms with Crippen LogP contribution in [0.4, 0.5) is 28.8 Å². The van der Waals surface area contributed by atoms with Gasteiger partial charge in [0.25, 0.3) is 5.91 Å². The molecule has 0 saturated heterocycles. The fourth-order valence-corrected chi connectivity index (χ4v) is 2.87. The number of carbonyl (C=O) groups excluding carboxylic acids is 1. The van der Waals surface area contributed by atoms with Crippen molar-refractivity contribution < 1.29 is 13.9 Å². The van der Waals surface area contributed by atoms with Crippen molar-refractivity contribution in [1.29, 1.82) is 0 Å². The van der Waals surface area contributed by atoms with Gasteiger partial charge in [-0.15, -0.1) is 0 Å². The van der Waals surface area contributed by atoms with Crippen LogP contribution in [0.1, 0.15) is 16.1 Å². The quantitative estimate of drug-likeness (QED) is 0.385. The van der Waals surface area contributed by atoms with Crippen LogP contribution in [0.5, 0.6) is 5.75 Å². The van der Waals surface area contributed by atoms with E-state index < -0.39 is 0 Å². The maximum atomic E-state index is 12.1. The van der Waals surface area contributed by atoms with Crippen molar-refractivity contribution in [2.75, 3.05) is 23.1 Å². The molecule has 2 heterocycles. The van der Waals surface area contributed by atoms with Gasteiger partial charge < -0.3 is 25.1 Å². The molecule has 0 atom stereocenters. The highest BCUT2D eigenvalue weighted by Crippen LogP contribution is 2.22. The first-order chi connectivity index (χ1) is 15.1. The third kappa shape index (κ3) is 5.18. The van der Waals surface area contributed by atoms with Gasteiger partial charge in [0.05, 0.1) is 18.9 Å². The summed E-state index contributed by atoms with van der Waals surface area (Å²) in [5, 5.41) is 9.26. The molecule has 2 aromatic carbocycles. The monoisotopic (exact) mass is 415 g/mol. The minimum absolute atomic E-state index is 0.231. The average molecular weight is 415 g/mol. The second kappa shape index (κ2) is 9.00. The molecule has 2 aromatic heterocycles. The molecule has 3 N–H and O–H groups in total. The Bertz CT molecular complexity index is 1160. The lowest BCUT2D eigenvalue weighted by Crippen LogP contribution is -2.10. The van der Waals surface area contributed by atoms with Gasteiger partial charge in [-0.3, -0.25) is 4.79 Å². The normalized spacial score (nSPS) is 10.4. The predicted molar refractivity (Wildman–Crippen MR) is 119 cm³/mol. The Morgan fingerprint density at radius 3 is 2.26 bits per heavy atom. The van der Waals surface area contributed by atoms with Crippen molar-refractivity contribution in [3.8, 4) is 5.75 Å². The number of nitrogens with one attached hydrogen (secondary N) is 3. The first-order valence-corrected chi connectivity index (χ1v) is 9.56. The van der Waals surface area contributed by atoms with Crippen LogP contribution in [-0.4, -0.2) is 23.0 Å². The highest BCUT2D eigenvalue weighted by atomic mass is 16.5. The van der Waals surface area contributed by atoms with Crippen molar-refractivity contribution in [1.82, 2.24) is 9.97 Å². The summed E-state index contributed by atoms with van der Waals surface area (Å²) < 4.78 is 10.1. The van der Waals surface area contributed by atoms with Crippen LogP contribution in [0.2, 0.25) is 0 Å². The number of aryl methyl sites for hydroxylation is 1.